The van der Waals surface area contributed by atoms with Crippen LogP contribution in [0.15, 0.2) is 42.1 Å². The monoisotopic (exact) mass is 491 g/mol. The van der Waals surface area contributed by atoms with Crippen LogP contribution >= 0.6 is 22.9 Å². The Morgan fingerprint density at radius 3 is 2.78 bits per heavy atom. The van der Waals surface area contributed by atoms with Gasteiger partial charge in [-0.25, -0.2) is 18.4 Å². The van der Waals surface area contributed by atoms with Gasteiger partial charge in [-0.1, -0.05) is 24.6 Å². The molecular formula is C21H22ClN5O3S2. The summed E-state index contributed by atoms with van der Waals surface area (Å²) in [6.07, 6.45) is 3.30. The zero-order valence-corrected chi connectivity index (χ0v) is 19.7. The second-order valence-corrected chi connectivity index (χ2v) is 10.9. The van der Waals surface area contributed by atoms with Gasteiger partial charge in [-0.2, -0.15) is 4.31 Å². The summed E-state index contributed by atoms with van der Waals surface area (Å²) in [6.45, 7) is 2.71. The molecule has 4 rings (SSSR count). The summed E-state index contributed by atoms with van der Waals surface area (Å²) in [5, 5.41) is 1.90. The third-order valence-electron chi connectivity index (χ3n) is 5.35. The number of aromatic nitrogens is 2. The van der Waals surface area contributed by atoms with E-state index in [1.807, 2.05) is 25.1 Å². The summed E-state index contributed by atoms with van der Waals surface area (Å²) in [7, 11) is -3.76. The molecule has 8 nitrogen and oxygen atoms in total. The van der Waals surface area contributed by atoms with Crippen molar-refractivity contribution in [2.45, 2.75) is 25.9 Å². The van der Waals surface area contributed by atoms with Gasteiger partial charge in [0.05, 0.1) is 9.85 Å². The molecule has 1 atom stereocenters. The average Bonchev–Trinajstić information content (AvgIpc) is 3.19. The molecule has 0 radical (unpaired) electrons. The van der Waals surface area contributed by atoms with Gasteiger partial charge in [0, 0.05) is 35.3 Å². The van der Waals surface area contributed by atoms with Crippen LogP contribution in [-0.4, -0.2) is 52.6 Å². The fourth-order valence-electron chi connectivity index (χ4n) is 3.75. The number of nitrogens with two attached hydrogens (primary N) is 1. The van der Waals surface area contributed by atoms with Gasteiger partial charge in [0.2, 0.25) is 15.9 Å². The number of amides is 1. The maximum Gasteiger partial charge on any atom is 0.241 e. The number of thiophene rings is 1. The molecule has 32 heavy (non-hydrogen) atoms. The van der Waals surface area contributed by atoms with Crippen LogP contribution in [-0.2, 0) is 21.4 Å². The van der Waals surface area contributed by atoms with E-state index in [9.17, 15) is 13.2 Å². The highest BCUT2D eigenvalue weighted by Gasteiger charge is 2.39. The highest BCUT2D eigenvalue weighted by Crippen LogP contribution is 2.26. The number of nitrogen functional groups attached to an aromatic ring is 1. The molecule has 3 aromatic rings. The van der Waals surface area contributed by atoms with E-state index in [-0.39, 0.29) is 12.5 Å². The van der Waals surface area contributed by atoms with E-state index in [0.717, 1.165) is 21.2 Å². The zero-order valence-electron chi connectivity index (χ0n) is 17.3. The summed E-state index contributed by atoms with van der Waals surface area (Å²) in [6, 6.07) is 8.31. The van der Waals surface area contributed by atoms with E-state index >= 15 is 0 Å². The van der Waals surface area contributed by atoms with Crippen molar-refractivity contribution in [3.8, 4) is 0 Å². The van der Waals surface area contributed by atoms with Gasteiger partial charge >= 0.3 is 0 Å². The number of carbonyl (C=O) groups excluding carboxylic acids is 1. The number of hydrogen-bond donors (Lipinski definition) is 1. The van der Waals surface area contributed by atoms with Crippen LogP contribution in [0.3, 0.4) is 0 Å². The molecule has 1 fully saturated rings. The first-order chi connectivity index (χ1) is 15.3. The molecule has 1 aliphatic rings. The van der Waals surface area contributed by atoms with E-state index < -0.39 is 16.1 Å². The predicted octanol–water partition coefficient (Wildman–Crippen LogP) is 3.35. The van der Waals surface area contributed by atoms with Crippen LogP contribution in [0.2, 0.25) is 4.34 Å². The highest BCUT2D eigenvalue weighted by molar-refractivity contribution is 7.92. The second-order valence-electron chi connectivity index (χ2n) is 7.39. The number of anilines is 1. The number of benzene rings is 1. The Hall–Kier alpha value is -2.53. The van der Waals surface area contributed by atoms with Crippen LogP contribution in [0.4, 0.5) is 5.82 Å². The molecule has 0 unspecified atom stereocenters. The molecule has 1 aliphatic heterocycles. The Bertz CT molecular complexity index is 1290. The molecule has 11 heteroatoms. The molecular weight excluding hydrogens is 470 g/mol. The van der Waals surface area contributed by atoms with Crippen molar-refractivity contribution in [3.05, 3.63) is 56.8 Å². The summed E-state index contributed by atoms with van der Waals surface area (Å²) < 4.78 is 27.7. The van der Waals surface area contributed by atoms with E-state index in [0.29, 0.717) is 35.2 Å². The minimum absolute atomic E-state index is 0.211. The number of carbonyl (C=O) groups is 1. The maximum absolute atomic E-state index is 13.1. The van der Waals surface area contributed by atoms with E-state index in [2.05, 4.69) is 9.97 Å². The fraction of sp³-hybridized carbons (Fsp3) is 0.286. The number of rotatable bonds is 6. The Kier molecular flexibility index (Phi) is 6.47. The molecule has 1 saturated heterocycles. The number of piperazine rings is 1. The number of hydrogen-bond acceptors (Lipinski definition) is 7. The van der Waals surface area contributed by atoms with Crippen molar-refractivity contribution < 1.29 is 13.2 Å². The van der Waals surface area contributed by atoms with E-state index in [4.69, 9.17) is 17.3 Å². The third kappa shape index (κ3) is 4.63. The fourth-order valence-corrected chi connectivity index (χ4v) is 6.21. The first-order valence-corrected chi connectivity index (χ1v) is 12.7. The lowest BCUT2D eigenvalue weighted by molar-refractivity contribution is -0.139. The Balaban J connectivity index is 1.51. The van der Waals surface area contributed by atoms with Gasteiger partial charge in [-0.05, 0) is 42.3 Å². The molecule has 0 spiro atoms. The van der Waals surface area contributed by atoms with E-state index in [1.165, 1.54) is 28.0 Å². The van der Waals surface area contributed by atoms with Gasteiger partial charge in [-0.15, -0.1) is 11.3 Å². The minimum Gasteiger partial charge on any atom is -0.383 e. The summed E-state index contributed by atoms with van der Waals surface area (Å²) in [5.74, 6) is 0.192. The van der Waals surface area contributed by atoms with Crippen LogP contribution in [0.5, 0.6) is 0 Å². The average molecular weight is 492 g/mol. The lowest BCUT2D eigenvalue weighted by Crippen LogP contribution is -2.57. The Labute approximate surface area is 195 Å². The maximum atomic E-state index is 13.1. The van der Waals surface area contributed by atoms with Gasteiger partial charge in [0.25, 0.3) is 0 Å². The predicted molar refractivity (Wildman–Crippen MR) is 127 cm³/mol. The molecule has 1 aromatic carbocycles. The number of fused-ring (bicyclic) bond motifs is 1. The van der Waals surface area contributed by atoms with Crippen LogP contribution in [0.1, 0.15) is 23.8 Å². The van der Waals surface area contributed by atoms with Crippen molar-refractivity contribution in [2.75, 3.05) is 18.8 Å². The molecule has 0 bridgehead atoms. The molecule has 3 heterocycles. The normalized spacial score (nSPS) is 18.1. The number of halogens is 1. The third-order valence-corrected chi connectivity index (χ3v) is 8.12. The number of sulfonamides is 1. The summed E-state index contributed by atoms with van der Waals surface area (Å²) >= 11 is 7.20. The second kappa shape index (κ2) is 9.14. The van der Waals surface area contributed by atoms with E-state index in [1.54, 1.807) is 17.0 Å². The van der Waals surface area contributed by atoms with Crippen molar-refractivity contribution >= 4 is 61.7 Å². The van der Waals surface area contributed by atoms with Crippen LogP contribution in [0, 0.1) is 0 Å². The molecule has 0 aliphatic carbocycles. The Morgan fingerprint density at radius 2 is 2.06 bits per heavy atom. The molecule has 168 valence electrons. The van der Waals surface area contributed by atoms with Gasteiger partial charge in [-0.3, -0.25) is 4.79 Å². The number of nitrogens with zero attached hydrogens (tertiary/aromatic N) is 4. The summed E-state index contributed by atoms with van der Waals surface area (Å²) in [4.78, 5) is 23.8. The van der Waals surface area contributed by atoms with Crippen molar-refractivity contribution in [1.82, 2.24) is 19.2 Å². The largest absolute Gasteiger partial charge is 0.383 e. The van der Waals surface area contributed by atoms with Crippen molar-refractivity contribution in [3.63, 3.8) is 0 Å². The smallest absolute Gasteiger partial charge is 0.241 e. The standard InChI is InChI=1S/C21H22ClN5O3S2/c1-2-18-21(28)26(12-14-3-5-16-17(11-14)24-13-25-20(16)23)8-9-27(18)32(29,30)10-7-15-4-6-19(22)31-15/h3-7,10-11,13,18H,2,8-9,12H2,1H3,(H2,23,24,25)/t18-/m0/s1. The molecule has 1 amide bonds. The van der Waals surface area contributed by atoms with Crippen molar-refractivity contribution in [2.24, 2.45) is 0 Å². The van der Waals surface area contributed by atoms with Crippen LogP contribution < -0.4 is 5.73 Å². The summed E-state index contributed by atoms with van der Waals surface area (Å²) in [5.41, 5.74) is 7.47. The van der Waals surface area contributed by atoms with Crippen LogP contribution in [0.25, 0.3) is 17.0 Å². The first-order valence-electron chi connectivity index (χ1n) is 10.0. The molecule has 0 saturated carbocycles. The topological polar surface area (TPSA) is 109 Å². The van der Waals surface area contributed by atoms with Crippen molar-refractivity contribution in [1.29, 1.82) is 0 Å². The van der Waals surface area contributed by atoms with Gasteiger partial charge in [0.1, 0.15) is 18.2 Å². The highest BCUT2D eigenvalue weighted by atomic mass is 35.5. The molecule has 2 aromatic heterocycles. The molecule has 2 N–H and O–H groups in total. The van der Waals surface area contributed by atoms with Gasteiger partial charge in [0.15, 0.2) is 0 Å². The lowest BCUT2D eigenvalue weighted by Gasteiger charge is -2.39. The Morgan fingerprint density at radius 1 is 1.25 bits per heavy atom. The minimum atomic E-state index is -3.76. The quantitative estimate of drug-likeness (QED) is 0.566. The SMILES string of the molecule is CC[C@H]1C(=O)N(Cc2ccc3c(N)ncnc3c2)CCN1S(=O)(=O)C=Cc1ccc(Cl)s1. The zero-order chi connectivity index (χ0) is 22.9. The lowest BCUT2D eigenvalue weighted by atomic mass is 10.1. The first kappa shape index (κ1) is 22.7. The van der Waals surface area contributed by atoms with Gasteiger partial charge < -0.3 is 10.6 Å².